The lowest BCUT2D eigenvalue weighted by Gasteiger charge is -2.33. The van der Waals surface area contributed by atoms with Gasteiger partial charge in [-0.15, -0.1) is 0 Å². The first-order valence-corrected chi connectivity index (χ1v) is 8.65. The van der Waals surface area contributed by atoms with Crippen molar-refractivity contribution in [3.63, 3.8) is 0 Å². The Bertz CT molecular complexity index is 694. The molecule has 27 heavy (non-hydrogen) atoms. The minimum atomic E-state index is -4.26. The zero-order valence-corrected chi connectivity index (χ0v) is 15.3. The number of nitrogens with two attached hydrogens (primary N) is 1. The Hall–Kier alpha value is -2.36. The van der Waals surface area contributed by atoms with E-state index in [0.29, 0.717) is 30.8 Å². The molecule has 10 heteroatoms. The van der Waals surface area contributed by atoms with Crippen molar-refractivity contribution >= 4 is 11.7 Å². The van der Waals surface area contributed by atoms with E-state index in [9.17, 15) is 18.0 Å². The number of amides is 1. The maximum Gasteiger partial charge on any atom is 0.401 e. The molecule has 1 atom stereocenters. The number of likely N-dealkylation sites (tertiary alicyclic amines) is 1. The van der Waals surface area contributed by atoms with Crippen molar-refractivity contribution in [1.29, 1.82) is 0 Å². The number of nitrogens with zero attached hydrogens (tertiary/aromatic N) is 3. The molecule has 1 fully saturated rings. The van der Waals surface area contributed by atoms with Crippen molar-refractivity contribution in [2.45, 2.75) is 45.5 Å². The van der Waals surface area contributed by atoms with Crippen LogP contribution in [0.5, 0.6) is 0 Å². The number of allylic oxidation sites excluding steroid dienone is 1. The Labute approximate surface area is 155 Å². The highest BCUT2D eigenvalue weighted by atomic mass is 19.4. The summed E-state index contributed by atoms with van der Waals surface area (Å²) in [5.74, 6) is -0.581. The number of nitrogen functional groups attached to an aromatic ring is 1. The van der Waals surface area contributed by atoms with Crippen molar-refractivity contribution in [3.05, 3.63) is 29.4 Å². The van der Waals surface area contributed by atoms with Crippen molar-refractivity contribution in [3.8, 4) is 0 Å². The molecular formula is C17H24F3N5O2. The summed E-state index contributed by atoms with van der Waals surface area (Å²) in [7, 11) is 0. The Kier molecular flexibility index (Phi) is 7.00. The minimum absolute atomic E-state index is 0.0322. The smallest absolute Gasteiger partial charge is 0.401 e. The predicted octanol–water partition coefficient (Wildman–Crippen LogP) is 2.17. The van der Waals surface area contributed by atoms with E-state index in [1.54, 1.807) is 19.9 Å². The molecular weight excluding hydrogens is 363 g/mol. The Balaban J connectivity index is 2.01. The van der Waals surface area contributed by atoms with Crippen LogP contribution >= 0.6 is 0 Å². The maximum atomic E-state index is 12.6. The van der Waals surface area contributed by atoms with Gasteiger partial charge in [-0.3, -0.25) is 9.69 Å². The third-order valence-electron chi connectivity index (χ3n) is 4.11. The molecule has 0 aliphatic carbocycles. The molecule has 1 aromatic heterocycles. The fourth-order valence-electron chi connectivity index (χ4n) is 2.92. The fraction of sp³-hybridized carbons (Fsp3) is 0.588. The van der Waals surface area contributed by atoms with Crippen LogP contribution in [0.4, 0.5) is 19.0 Å². The number of rotatable bonds is 6. The summed E-state index contributed by atoms with van der Waals surface area (Å²) in [6, 6.07) is -0.396. The Morgan fingerprint density at radius 1 is 1.44 bits per heavy atom. The first kappa shape index (κ1) is 20.9. The summed E-state index contributed by atoms with van der Waals surface area (Å²) in [4.78, 5) is 22.1. The van der Waals surface area contributed by atoms with E-state index in [1.807, 2.05) is 0 Å². The van der Waals surface area contributed by atoms with Crippen LogP contribution in [-0.4, -0.2) is 52.6 Å². The Morgan fingerprint density at radius 3 is 2.85 bits per heavy atom. The lowest BCUT2D eigenvalue weighted by atomic mass is 10.1. The number of anilines is 1. The van der Waals surface area contributed by atoms with Gasteiger partial charge >= 0.3 is 6.18 Å². The number of ether oxygens (including phenoxy) is 1. The maximum absolute atomic E-state index is 12.6. The summed E-state index contributed by atoms with van der Waals surface area (Å²) >= 11 is 0. The second kappa shape index (κ2) is 9.03. The van der Waals surface area contributed by atoms with Crippen LogP contribution < -0.4 is 11.1 Å². The van der Waals surface area contributed by atoms with Gasteiger partial charge in [0, 0.05) is 12.6 Å². The molecule has 1 amide bonds. The molecule has 2 rings (SSSR count). The highest BCUT2D eigenvalue weighted by Crippen LogP contribution is 2.20. The molecule has 0 bridgehead atoms. The monoisotopic (exact) mass is 387 g/mol. The molecule has 1 saturated heterocycles. The topological polar surface area (TPSA) is 93.4 Å². The average molecular weight is 387 g/mol. The number of carbonyl (C=O) groups excluding carboxylic acids is 1. The van der Waals surface area contributed by atoms with Gasteiger partial charge in [-0.2, -0.15) is 13.2 Å². The number of alkyl halides is 3. The van der Waals surface area contributed by atoms with Crippen molar-refractivity contribution in [1.82, 2.24) is 20.2 Å². The van der Waals surface area contributed by atoms with Gasteiger partial charge < -0.3 is 15.8 Å². The molecule has 0 radical (unpaired) electrons. The number of aryl methyl sites for hydroxylation is 1. The van der Waals surface area contributed by atoms with Crippen molar-refractivity contribution < 1.29 is 22.7 Å². The summed E-state index contributed by atoms with van der Waals surface area (Å²) < 4.78 is 42.9. The fourth-order valence-corrected chi connectivity index (χ4v) is 2.92. The molecule has 0 spiro atoms. The number of aromatic nitrogens is 2. The molecule has 2 heterocycles. The standard InChI is InChI=1S/C17H24F3N5O2/c1-3-7-27-9-13-11(2)22-14(15(21)24-13)16(26)23-12-5-4-6-25(8-12)10-17(18,19)20/h3,7,12H,4-6,8-10H2,1-2H3,(H2,21,24)(H,23,26)/b7-3-. The molecule has 1 aliphatic rings. The normalized spacial score (nSPS) is 18.6. The summed E-state index contributed by atoms with van der Waals surface area (Å²) in [5.41, 5.74) is 6.82. The number of nitrogens with one attached hydrogen (secondary N) is 1. The first-order valence-electron chi connectivity index (χ1n) is 8.65. The van der Waals surface area contributed by atoms with Crippen LogP contribution in [0.1, 0.15) is 41.6 Å². The van der Waals surface area contributed by atoms with Crippen LogP contribution in [0, 0.1) is 6.92 Å². The molecule has 1 aliphatic heterocycles. The van der Waals surface area contributed by atoms with Crippen LogP contribution in [0.3, 0.4) is 0 Å². The van der Waals surface area contributed by atoms with Gasteiger partial charge in [0.05, 0.1) is 18.5 Å². The summed E-state index contributed by atoms with van der Waals surface area (Å²) in [6.07, 6.45) is 0.141. The van der Waals surface area contributed by atoms with E-state index >= 15 is 0 Å². The van der Waals surface area contributed by atoms with E-state index in [1.165, 1.54) is 11.2 Å². The second-order valence-corrected chi connectivity index (χ2v) is 6.43. The molecule has 0 saturated carbocycles. The molecule has 3 N–H and O–H groups in total. The number of hydrogen-bond donors (Lipinski definition) is 2. The van der Waals surface area contributed by atoms with Gasteiger partial charge in [0.25, 0.3) is 5.91 Å². The predicted molar refractivity (Wildman–Crippen MR) is 93.8 cm³/mol. The minimum Gasteiger partial charge on any atom is -0.495 e. The molecule has 1 unspecified atom stereocenters. The van der Waals surface area contributed by atoms with E-state index in [2.05, 4.69) is 15.3 Å². The van der Waals surface area contributed by atoms with Crippen LogP contribution in [0.2, 0.25) is 0 Å². The highest BCUT2D eigenvalue weighted by Gasteiger charge is 2.33. The molecule has 0 aromatic carbocycles. The number of halogens is 3. The van der Waals surface area contributed by atoms with Crippen LogP contribution in [0.25, 0.3) is 0 Å². The zero-order chi connectivity index (χ0) is 20.0. The van der Waals surface area contributed by atoms with Gasteiger partial charge in [0.1, 0.15) is 12.3 Å². The second-order valence-electron chi connectivity index (χ2n) is 6.43. The molecule has 7 nitrogen and oxygen atoms in total. The highest BCUT2D eigenvalue weighted by molar-refractivity contribution is 5.96. The number of hydrogen-bond acceptors (Lipinski definition) is 6. The van der Waals surface area contributed by atoms with Crippen molar-refractivity contribution in [2.24, 2.45) is 0 Å². The van der Waals surface area contributed by atoms with Gasteiger partial charge in [-0.25, -0.2) is 9.97 Å². The van der Waals surface area contributed by atoms with Gasteiger partial charge in [-0.05, 0) is 33.2 Å². The van der Waals surface area contributed by atoms with E-state index in [0.717, 1.165) is 0 Å². The average Bonchev–Trinajstić information content (AvgIpc) is 2.56. The SMILES string of the molecule is C/C=C\OCc1nc(N)c(C(=O)NC2CCCN(CC(F)(F)F)C2)nc1C. The van der Waals surface area contributed by atoms with E-state index in [4.69, 9.17) is 10.5 Å². The van der Waals surface area contributed by atoms with Gasteiger partial charge in [-0.1, -0.05) is 6.08 Å². The lowest BCUT2D eigenvalue weighted by Crippen LogP contribution is -2.50. The third kappa shape index (κ3) is 6.38. The molecule has 150 valence electrons. The number of carbonyl (C=O) groups is 1. The van der Waals surface area contributed by atoms with Gasteiger partial charge in [0.15, 0.2) is 11.5 Å². The van der Waals surface area contributed by atoms with E-state index in [-0.39, 0.29) is 24.7 Å². The lowest BCUT2D eigenvalue weighted by molar-refractivity contribution is -0.148. The Morgan fingerprint density at radius 2 is 2.19 bits per heavy atom. The van der Waals surface area contributed by atoms with Gasteiger partial charge in [0.2, 0.25) is 0 Å². The largest absolute Gasteiger partial charge is 0.495 e. The van der Waals surface area contributed by atoms with Crippen molar-refractivity contribution in [2.75, 3.05) is 25.4 Å². The molecule has 1 aromatic rings. The summed E-state index contributed by atoms with van der Waals surface area (Å²) in [6.45, 7) is 3.16. The quantitative estimate of drug-likeness (QED) is 0.727. The van der Waals surface area contributed by atoms with Crippen LogP contribution in [-0.2, 0) is 11.3 Å². The zero-order valence-electron chi connectivity index (χ0n) is 15.3. The number of piperidine rings is 1. The first-order chi connectivity index (χ1) is 12.7. The summed E-state index contributed by atoms with van der Waals surface area (Å²) in [5, 5.41) is 2.72. The van der Waals surface area contributed by atoms with Crippen LogP contribution in [0.15, 0.2) is 12.3 Å². The van der Waals surface area contributed by atoms with E-state index < -0.39 is 24.7 Å². The third-order valence-corrected chi connectivity index (χ3v) is 4.11.